The van der Waals surface area contributed by atoms with Crippen LogP contribution in [0.15, 0.2) is 30.3 Å². The Bertz CT molecular complexity index is 627. The summed E-state index contributed by atoms with van der Waals surface area (Å²) in [7, 11) is -2.12. The fraction of sp³-hybridized carbons (Fsp3) is 0.562. The minimum Gasteiger partial charge on any atom is -0.481 e. The summed E-state index contributed by atoms with van der Waals surface area (Å²) in [5.74, 6) is -1.31. The molecule has 8 heteroatoms. The van der Waals surface area contributed by atoms with Crippen LogP contribution in [0.4, 0.5) is 0 Å². The van der Waals surface area contributed by atoms with Crippen LogP contribution in [0, 0.1) is 5.92 Å². The van der Waals surface area contributed by atoms with Crippen LogP contribution in [0.5, 0.6) is 0 Å². The third-order valence-corrected chi connectivity index (χ3v) is 6.18. The molecule has 24 heavy (non-hydrogen) atoms. The highest BCUT2D eigenvalue weighted by Gasteiger charge is 2.34. The molecule has 0 atom stereocenters. The Labute approximate surface area is 143 Å². The summed E-state index contributed by atoms with van der Waals surface area (Å²) in [5.41, 5.74) is 0.901. The van der Waals surface area contributed by atoms with Crippen LogP contribution < -0.4 is 0 Å². The topological polar surface area (TPSA) is 87.2 Å². The summed E-state index contributed by atoms with van der Waals surface area (Å²) in [4.78, 5) is 11.0. The molecule has 0 aliphatic carbocycles. The molecule has 1 fully saturated rings. The molecule has 0 spiro atoms. The number of piperidine rings is 1. The maximum absolute atomic E-state index is 12.9. The number of hydrogen-bond donors (Lipinski definition) is 1. The van der Waals surface area contributed by atoms with E-state index < -0.39 is 22.1 Å². The van der Waals surface area contributed by atoms with Gasteiger partial charge in [-0.25, -0.2) is 0 Å². The zero-order valence-corrected chi connectivity index (χ0v) is 14.6. The quantitative estimate of drug-likeness (QED) is 0.756. The summed E-state index contributed by atoms with van der Waals surface area (Å²) in [6.45, 7) is 1.30. The second-order valence-electron chi connectivity index (χ2n) is 5.83. The van der Waals surface area contributed by atoms with E-state index in [1.165, 1.54) is 15.7 Å². The van der Waals surface area contributed by atoms with Crippen molar-refractivity contribution in [2.75, 3.05) is 33.4 Å². The Kier molecular flexibility index (Phi) is 6.73. The number of aliphatic carboxylic acids is 1. The lowest BCUT2D eigenvalue weighted by atomic mass is 9.99. The van der Waals surface area contributed by atoms with Crippen LogP contribution in [0.2, 0.25) is 0 Å². The van der Waals surface area contributed by atoms with Gasteiger partial charge in [0, 0.05) is 33.3 Å². The van der Waals surface area contributed by atoms with Gasteiger partial charge in [0.15, 0.2) is 0 Å². The highest BCUT2D eigenvalue weighted by molar-refractivity contribution is 7.86. The van der Waals surface area contributed by atoms with Gasteiger partial charge in [0.05, 0.1) is 12.5 Å². The largest absolute Gasteiger partial charge is 0.481 e. The van der Waals surface area contributed by atoms with Gasteiger partial charge in [-0.05, 0) is 18.4 Å². The molecule has 1 heterocycles. The average molecular weight is 356 g/mol. The number of carbonyl (C=O) groups is 1. The number of benzene rings is 1. The van der Waals surface area contributed by atoms with Gasteiger partial charge in [-0.2, -0.15) is 17.0 Å². The van der Waals surface area contributed by atoms with Crippen LogP contribution >= 0.6 is 0 Å². The summed E-state index contributed by atoms with van der Waals surface area (Å²) >= 11 is 0. The molecular formula is C16H24N2O5S. The number of ether oxygens (including phenoxy) is 1. The third kappa shape index (κ3) is 4.76. The van der Waals surface area contributed by atoms with Gasteiger partial charge in [0.25, 0.3) is 10.2 Å². The number of carboxylic acids is 1. The fourth-order valence-corrected chi connectivity index (χ4v) is 4.37. The van der Waals surface area contributed by atoms with Crippen molar-refractivity contribution in [3.8, 4) is 0 Å². The zero-order chi connectivity index (χ0) is 17.6. The van der Waals surface area contributed by atoms with Crippen molar-refractivity contribution in [3.05, 3.63) is 35.9 Å². The molecule has 0 amide bonds. The molecule has 134 valence electrons. The first-order valence-corrected chi connectivity index (χ1v) is 9.35. The van der Waals surface area contributed by atoms with Crippen molar-refractivity contribution in [3.63, 3.8) is 0 Å². The van der Waals surface area contributed by atoms with Crippen molar-refractivity contribution >= 4 is 16.2 Å². The molecule has 0 bridgehead atoms. The second-order valence-corrected chi connectivity index (χ2v) is 7.76. The van der Waals surface area contributed by atoms with Crippen LogP contribution in [0.25, 0.3) is 0 Å². The lowest BCUT2D eigenvalue weighted by Gasteiger charge is -2.33. The molecule has 2 rings (SSSR count). The van der Waals surface area contributed by atoms with Crippen LogP contribution in [0.1, 0.15) is 18.4 Å². The Morgan fingerprint density at radius 3 is 2.46 bits per heavy atom. The maximum Gasteiger partial charge on any atom is 0.306 e. The average Bonchev–Trinajstić information content (AvgIpc) is 2.59. The minimum atomic E-state index is -3.65. The van der Waals surface area contributed by atoms with E-state index in [0.29, 0.717) is 19.4 Å². The molecule has 0 aromatic heterocycles. The third-order valence-electron chi connectivity index (χ3n) is 4.20. The number of nitrogens with zero attached hydrogens (tertiary/aromatic N) is 2. The molecule has 7 nitrogen and oxygen atoms in total. The summed E-state index contributed by atoms with van der Waals surface area (Å²) in [5, 5.41) is 9.05. The molecule has 0 saturated carbocycles. The smallest absolute Gasteiger partial charge is 0.306 e. The van der Waals surface area contributed by atoms with Crippen LogP contribution in [0.3, 0.4) is 0 Å². The van der Waals surface area contributed by atoms with E-state index in [2.05, 4.69) is 0 Å². The molecule has 1 saturated heterocycles. The van der Waals surface area contributed by atoms with Crippen molar-refractivity contribution in [2.45, 2.75) is 19.4 Å². The van der Waals surface area contributed by atoms with E-state index in [1.807, 2.05) is 30.3 Å². The SMILES string of the molecule is COCCN(Cc1ccccc1)S(=O)(=O)N1CCC(C(=O)O)CC1. The predicted molar refractivity (Wildman–Crippen MR) is 89.6 cm³/mol. The maximum atomic E-state index is 12.9. The zero-order valence-electron chi connectivity index (χ0n) is 13.8. The first-order chi connectivity index (χ1) is 11.4. The van der Waals surface area contributed by atoms with Gasteiger partial charge in [0.1, 0.15) is 0 Å². The lowest BCUT2D eigenvalue weighted by Crippen LogP contribution is -2.48. The molecule has 1 aliphatic heterocycles. The summed E-state index contributed by atoms with van der Waals surface area (Å²) < 4.78 is 33.7. The van der Waals surface area contributed by atoms with Crippen LogP contribution in [-0.2, 0) is 26.3 Å². The van der Waals surface area contributed by atoms with Gasteiger partial charge in [0.2, 0.25) is 0 Å². The summed E-state index contributed by atoms with van der Waals surface area (Å²) in [6.07, 6.45) is 0.691. The molecule has 1 N–H and O–H groups in total. The molecule has 1 aliphatic rings. The van der Waals surface area contributed by atoms with Gasteiger partial charge >= 0.3 is 5.97 Å². The Balaban J connectivity index is 2.10. The van der Waals surface area contributed by atoms with Crippen LogP contribution in [-0.4, -0.2) is 61.5 Å². The predicted octanol–water partition coefficient (Wildman–Crippen LogP) is 1.18. The molecular weight excluding hydrogens is 332 g/mol. The Morgan fingerprint density at radius 2 is 1.92 bits per heavy atom. The van der Waals surface area contributed by atoms with E-state index in [1.54, 1.807) is 0 Å². The molecule has 0 unspecified atom stereocenters. The van der Waals surface area contributed by atoms with Gasteiger partial charge in [-0.15, -0.1) is 0 Å². The Morgan fingerprint density at radius 1 is 1.29 bits per heavy atom. The number of rotatable bonds is 8. The summed E-state index contributed by atoms with van der Waals surface area (Å²) in [6, 6.07) is 9.38. The standard InChI is InChI=1S/C16H24N2O5S/c1-23-12-11-18(13-14-5-3-2-4-6-14)24(21,22)17-9-7-15(8-10-17)16(19)20/h2-6,15H,7-13H2,1H3,(H,19,20). The Hall–Kier alpha value is -1.48. The molecule has 0 radical (unpaired) electrons. The van der Waals surface area contributed by atoms with E-state index in [0.717, 1.165) is 5.56 Å². The fourth-order valence-electron chi connectivity index (χ4n) is 2.75. The van der Waals surface area contributed by atoms with Gasteiger partial charge < -0.3 is 9.84 Å². The monoisotopic (exact) mass is 356 g/mol. The second kappa shape index (κ2) is 8.57. The first kappa shape index (κ1) is 18.9. The minimum absolute atomic E-state index is 0.234. The first-order valence-electron chi connectivity index (χ1n) is 7.96. The van der Waals surface area contributed by atoms with Gasteiger partial charge in [-0.1, -0.05) is 30.3 Å². The number of hydrogen-bond acceptors (Lipinski definition) is 4. The van der Waals surface area contributed by atoms with E-state index in [-0.39, 0.29) is 26.2 Å². The van der Waals surface area contributed by atoms with E-state index in [4.69, 9.17) is 9.84 Å². The lowest BCUT2D eigenvalue weighted by molar-refractivity contribution is -0.142. The number of carboxylic acid groups (broad SMARTS) is 1. The van der Waals surface area contributed by atoms with Crippen molar-refractivity contribution in [1.82, 2.24) is 8.61 Å². The van der Waals surface area contributed by atoms with E-state index >= 15 is 0 Å². The van der Waals surface area contributed by atoms with Crippen molar-refractivity contribution < 1.29 is 23.1 Å². The van der Waals surface area contributed by atoms with E-state index in [9.17, 15) is 13.2 Å². The molecule has 1 aromatic rings. The van der Waals surface area contributed by atoms with Crippen molar-refractivity contribution in [2.24, 2.45) is 5.92 Å². The normalized spacial score (nSPS) is 17.2. The van der Waals surface area contributed by atoms with Crippen molar-refractivity contribution in [1.29, 1.82) is 0 Å². The number of methoxy groups -OCH3 is 1. The molecule has 1 aromatic carbocycles. The highest BCUT2D eigenvalue weighted by atomic mass is 32.2. The van der Waals surface area contributed by atoms with Gasteiger partial charge in [-0.3, -0.25) is 4.79 Å². The highest BCUT2D eigenvalue weighted by Crippen LogP contribution is 2.22.